The van der Waals surface area contributed by atoms with Gasteiger partial charge < -0.3 is 10.5 Å². The Morgan fingerprint density at radius 2 is 1.78 bits per heavy atom. The lowest BCUT2D eigenvalue weighted by Gasteiger charge is -2.06. The highest BCUT2D eigenvalue weighted by molar-refractivity contribution is 6.44. The standard InChI is InChI=1S/C14H17NO3/c1-9(2)13(17)14(18)11-5-3-10(4-6-11)7-12(15)8-16/h3-6,8-9,12H,7,15H2,1-2H3. The van der Waals surface area contributed by atoms with Gasteiger partial charge in [-0.3, -0.25) is 9.59 Å². The van der Waals surface area contributed by atoms with Crippen molar-refractivity contribution in [2.45, 2.75) is 26.3 Å². The van der Waals surface area contributed by atoms with E-state index in [0.29, 0.717) is 18.3 Å². The minimum absolute atomic E-state index is 0.305. The Morgan fingerprint density at radius 3 is 2.22 bits per heavy atom. The van der Waals surface area contributed by atoms with Gasteiger partial charge in [0.15, 0.2) is 0 Å². The number of ketones is 2. The average Bonchev–Trinajstić information content (AvgIpc) is 2.37. The van der Waals surface area contributed by atoms with Crippen molar-refractivity contribution >= 4 is 17.9 Å². The third kappa shape index (κ3) is 3.60. The molecule has 0 heterocycles. The van der Waals surface area contributed by atoms with E-state index in [1.807, 2.05) is 0 Å². The van der Waals surface area contributed by atoms with Crippen LogP contribution in [-0.2, 0) is 16.0 Å². The minimum Gasteiger partial charge on any atom is -0.321 e. The number of carbonyl (C=O) groups is 3. The first kappa shape index (κ1) is 14.3. The summed E-state index contributed by atoms with van der Waals surface area (Å²) in [6.07, 6.45) is 1.11. The maximum Gasteiger partial charge on any atom is 0.228 e. The molecule has 0 fully saturated rings. The molecule has 0 aliphatic heterocycles. The van der Waals surface area contributed by atoms with Crippen molar-refractivity contribution in [2.24, 2.45) is 11.7 Å². The zero-order valence-corrected chi connectivity index (χ0v) is 10.6. The van der Waals surface area contributed by atoms with E-state index in [9.17, 15) is 14.4 Å². The lowest BCUT2D eigenvalue weighted by Crippen LogP contribution is -2.24. The molecule has 1 aromatic rings. The first-order valence-electron chi connectivity index (χ1n) is 5.84. The third-order valence-corrected chi connectivity index (χ3v) is 2.61. The van der Waals surface area contributed by atoms with Crippen LogP contribution in [0.25, 0.3) is 0 Å². The maximum absolute atomic E-state index is 11.7. The molecule has 0 aliphatic rings. The van der Waals surface area contributed by atoms with Crippen molar-refractivity contribution < 1.29 is 14.4 Å². The topological polar surface area (TPSA) is 77.2 Å². The van der Waals surface area contributed by atoms with E-state index in [0.717, 1.165) is 5.56 Å². The Morgan fingerprint density at radius 1 is 1.22 bits per heavy atom. The van der Waals surface area contributed by atoms with Crippen molar-refractivity contribution in [1.82, 2.24) is 0 Å². The van der Waals surface area contributed by atoms with Crippen LogP contribution in [0.5, 0.6) is 0 Å². The number of aldehydes is 1. The maximum atomic E-state index is 11.7. The summed E-state index contributed by atoms with van der Waals surface area (Å²) in [5, 5.41) is 0. The van der Waals surface area contributed by atoms with Crippen molar-refractivity contribution in [3.8, 4) is 0 Å². The summed E-state index contributed by atoms with van der Waals surface area (Å²) in [6.45, 7) is 3.38. The molecule has 0 saturated carbocycles. The fourth-order valence-electron chi connectivity index (χ4n) is 1.52. The first-order chi connectivity index (χ1) is 8.45. The number of hydrogen-bond acceptors (Lipinski definition) is 4. The van der Waals surface area contributed by atoms with Crippen LogP contribution in [0.15, 0.2) is 24.3 Å². The van der Waals surface area contributed by atoms with Crippen LogP contribution in [0.2, 0.25) is 0 Å². The largest absolute Gasteiger partial charge is 0.321 e. The molecule has 1 unspecified atom stereocenters. The number of nitrogens with two attached hydrogens (primary N) is 1. The SMILES string of the molecule is CC(C)C(=O)C(=O)c1ccc(CC(N)C=O)cc1. The van der Waals surface area contributed by atoms with Gasteiger partial charge in [-0.2, -0.15) is 0 Å². The van der Waals surface area contributed by atoms with Crippen molar-refractivity contribution in [3.05, 3.63) is 35.4 Å². The Bertz CT molecular complexity index is 449. The number of benzene rings is 1. The summed E-state index contributed by atoms with van der Waals surface area (Å²) in [5.41, 5.74) is 6.74. The quantitative estimate of drug-likeness (QED) is 0.465. The second-order valence-corrected chi connectivity index (χ2v) is 4.55. The Kier molecular flexibility index (Phi) is 4.92. The minimum atomic E-state index is -0.538. The van der Waals surface area contributed by atoms with Gasteiger partial charge in [0.25, 0.3) is 0 Å². The van der Waals surface area contributed by atoms with Crippen LogP contribution in [0.1, 0.15) is 29.8 Å². The molecule has 1 atom stereocenters. The lowest BCUT2D eigenvalue weighted by molar-refractivity contribution is -0.117. The van der Waals surface area contributed by atoms with E-state index >= 15 is 0 Å². The van der Waals surface area contributed by atoms with Crippen molar-refractivity contribution in [1.29, 1.82) is 0 Å². The van der Waals surface area contributed by atoms with Gasteiger partial charge in [0, 0.05) is 11.5 Å². The van der Waals surface area contributed by atoms with Gasteiger partial charge in [-0.25, -0.2) is 0 Å². The normalized spacial score (nSPS) is 12.2. The molecule has 4 heteroatoms. The van der Waals surface area contributed by atoms with E-state index in [4.69, 9.17) is 5.73 Å². The predicted octanol–water partition coefficient (Wildman–Crippen LogP) is 1.16. The highest BCUT2D eigenvalue weighted by Gasteiger charge is 2.19. The monoisotopic (exact) mass is 247 g/mol. The molecule has 2 N–H and O–H groups in total. The second-order valence-electron chi connectivity index (χ2n) is 4.55. The number of rotatable bonds is 6. The highest BCUT2D eigenvalue weighted by Crippen LogP contribution is 2.09. The summed E-state index contributed by atoms with van der Waals surface area (Å²) in [7, 11) is 0. The third-order valence-electron chi connectivity index (χ3n) is 2.61. The molecule has 1 aromatic carbocycles. The Balaban J connectivity index is 2.80. The Labute approximate surface area is 106 Å². The van der Waals surface area contributed by atoms with E-state index < -0.39 is 17.6 Å². The van der Waals surface area contributed by atoms with E-state index in [2.05, 4.69) is 0 Å². The van der Waals surface area contributed by atoms with Crippen LogP contribution in [0, 0.1) is 5.92 Å². The molecule has 4 nitrogen and oxygen atoms in total. The van der Waals surface area contributed by atoms with E-state index in [1.54, 1.807) is 38.1 Å². The molecule has 0 radical (unpaired) electrons. The molecule has 18 heavy (non-hydrogen) atoms. The zero-order chi connectivity index (χ0) is 13.7. The molecule has 0 bridgehead atoms. The van der Waals surface area contributed by atoms with Gasteiger partial charge in [0.05, 0.1) is 6.04 Å². The molecule has 0 spiro atoms. The van der Waals surface area contributed by atoms with Crippen LogP contribution >= 0.6 is 0 Å². The highest BCUT2D eigenvalue weighted by atomic mass is 16.2. The first-order valence-corrected chi connectivity index (χ1v) is 5.84. The summed E-state index contributed by atoms with van der Waals surface area (Å²) in [4.78, 5) is 33.7. The van der Waals surface area contributed by atoms with Gasteiger partial charge in [-0.1, -0.05) is 38.1 Å². The van der Waals surface area contributed by atoms with Crippen LogP contribution in [-0.4, -0.2) is 23.9 Å². The number of hydrogen-bond donors (Lipinski definition) is 1. The van der Waals surface area contributed by atoms with Gasteiger partial charge in [-0.05, 0) is 12.0 Å². The van der Waals surface area contributed by atoms with Gasteiger partial charge in [-0.15, -0.1) is 0 Å². The molecule has 0 saturated heterocycles. The molecule has 0 aromatic heterocycles. The number of Topliss-reactive ketones (excluding diaryl/α,β-unsaturated/α-hetero) is 2. The molecule has 0 aliphatic carbocycles. The average molecular weight is 247 g/mol. The fraction of sp³-hybridized carbons (Fsp3) is 0.357. The van der Waals surface area contributed by atoms with Crippen LogP contribution in [0.3, 0.4) is 0 Å². The van der Waals surface area contributed by atoms with Crippen molar-refractivity contribution in [3.63, 3.8) is 0 Å². The summed E-state index contributed by atoms with van der Waals surface area (Å²) in [6, 6.07) is 6.07. The number of carbonyl (C=O) groups excluding carboxylic acids is 3. The smallest absolute Gasteiger partial charge is 0.228 e. The summed E-state index contributed by atoms with van der Waals surface area (Å²) >= 11 is 0. The van der Waals surface area contributed by atoms with Gasteiger partial charge in [0.2, 0.25) is 11.6 Å². The van der Waals surface area contributed by atoms with Crippen LogP contribution < -0.4 is 5.73 Å². The summed E-state index contributed by atoms with van der Waals surface area (Å²) in [5.74, 6) is -1.18. The zero-order valence-electron chi connectivity index (χ0n) is 10.6. The van der Waals surface area contributed by atoms with Gasteiger partial charge >= 0.3 is 0 Å². The fourth-order valence-corrected chi connectivity index (χ4v) is 1.52. The van der Waals surface area contributed by atoms with E-state index in [-0.39, 0.29) is 5.92 Å². The molecule has 96 valence electrons. The summed E-state index contributed by atoms with van der Waals surface area (Å²) < 4.78 is 0. The van der Waals surface area contributed by atoms with Gasteiger partial charge in [0.1, 0.15) is 6.29 Å². The molecular formula is C14H17NO3. The lowest BCUT2D eigenvalue weighted by atomic mass is 9.98. The molecule has 0 amide bonds. The van der Waals surface area contributed by atoms with Crippen LogP contribution in [0.4, 0.5) is 0 Å². The molecular weight excluding hydrogens is 230 g/mol. The Hall–Kier alpha value is -1.81. The second kappa shape index (κ2) is 6.21. The predicted molar refractivity (Wildman–Crippen MR) is 68.4 cm³/mol. The van der Waals surface area contributed by atoms with E-state index in [1.165, 1.54) is 0 Å². The molecule has 1 rings (SSSR count). The van der Waals surface area contributed by atoms with Crippen molar-refractivity contribution in [2.75, 3.05) is 0 Å².